The lowest BCUT2D eigenvalue weighted by atomic mass is 9.96. The van der Waals surface area contributed by atoms with Gasteiger partial charge in [0, 0.05) is 0 Å². The van der Waals surface area contributed by atoms with Gasteiger partial charge in [0.2, 0.25) is 0 Å². The molecule has 10 heteroatoms. The summed E-state index contributed by atoms with van der Waals surface area (Å²) in [6, 6.07) is 17.5. The third kappa shape index (κ3) is 5.75. The quantitative estimate of drug-likeness (QED) is 0.252. The third-order valence-electron chi connectivity index (χ3n) is 6.25. The predicted octanol–water partition coefficient (Wildman–Crippen LogP) is 5.82. The first-order valence-corrected chi connectivity index (χ1v) is 13.9. The number of carbonyl (C=O) groups excluding carboxylic acids is 1. The molecule has 0 bridgehead atoms. The van der Waals surface area contributed by atoms with Crippen LogP contribution in [0.3, 0.4) is 0 Å². The predicted molar refractivity (Wildman–Crippen MR) is 154 cm³/mol. The van der Waals surface area contributed by atoms with E-state index in [1.54, 1.807) is 44.2 Å². The van der Waals surface area contributed by atoms with Crippen LogP contribution in [0.4, 0.5) is 4.39 Å². The molecule has 1 atom stereocenters. The lowest BCUT2D eigenvalue weighted by molar-refractivity contribution is -0.139. The van der Waals surface area contributed by atoms with E-state index in [-0.39, 0.29) is 24.3 Å². The molecule has 204 valence electrons. The van der Waals surface area contributed by atoms with Gasteiger partial charge in [-0.25, -0.2) is 14.2 Å². The van der Waals surface area contributed by atoms with Gasteiger partial charge in [-0.05, 0) is 73.0 Å². The monoisotopic (exact) mass is 596 g/mol. The molecule has 0 radical (unpaired) electrons. The van der Waals surface area contributed by atoms with E-state index in [2.05, 4.69) is 4.99 Å². The maximum Gasteiger partial charge on any atom is 0.338 e. The fraction of sp³-hybridized carbons (Fsp3) is 0.167. The standard InChI is InChI=1S/C30H23Cl2FN2O4S/c1-3-38-29(37)26-17(2)34-30-35(27(26)20-8-10-21(33)11-9-20)28(36)25(40-30)15-18-5-4-6-22(13-18)39-16-19-7-12-23(31)24(32)14-19/h4-15,27H,3,16H2,1-2H3/b25-15+/t27-/m1/s1. The third-order valence-corrected chi connectivity index (χ3v) is 7.97. The fourth-order valence-corrected chi connectivity index (χ4v) is 5.76. The molecule has 6 nitrogen and oxygen atoms in total. The van der Waals surface area contributed by atoms with Crippen LogP contribution in [0.25, 0.3) is 6.08 Å². The van der Waals surface area contributed by atoms with Crippen LogP contribution in [0.1, 0.15) is 36.6 Å². The molecule has 0 unspecified atom stereocenters. The van der Waals surface area contributed by atoms with Crippen molar-refractivity contribution in [3.8, 4) is 5.75 Å². The summed E-state index contributed by atoms with van der Waals surface area (Å²) in [5.41, 5.74) is 2.54. The Kier molecular flexibility index (Phi) is 8.21. The number of hydrogen-bond acceptors (Lipinski definition) is 6. The van der Waals surface area contributed by atoms with Gasteiger partial charge in [0.15, 0.2) is 4.80 Å². The highest BCUT2D eigenvalue weighted by Crippen LogP contribution is 2.31. The Morgan fingerprint density at radius 3 is 2.60 bits per heavy atom. The van der Waals surface area contributed by atoms with Crippen LogP contribution >= 0.6 is 34.5 Å². The van der Waals surface area contributed by atoms with Crippen molar-refractivity contribution in [1.82, 2.24) is 4.57 Å². The highest BCUT2D eigenvalue weighted by Gasteiger charge is 2.33. The Morgan fingerprint density at radius 2 is 1.88 bits per heavy atom. The van der Waals surface area contributed by atoms with E-state index in [9.17, 15) is 14.0 Å². The van der Waals surface area contributed by atoms with E-state index in [0.717, 1.165) is 11.1 Å². The number of allylic oxidation sites excluding steroid dienone is 1. The lowest BCUT2D eigenvalue weighted by Gasteiger charge is -2.24. The summed E-state index contributed by atoms with van der Waals surface area (Å²) in [4.78, 5) is 31.7. The van der Waals surface area contributed by atoms with Gasteiger partial charge in [0.05, 0.1) is 38.5 Å². The maximum atomic E-state index is 13.7. The van der Waals surface area contributed by atoms with E-state index in [0.29, 0.717) is 36.4 Å². The second-order valence-electron chi connectivity index (χ2n) is 8.96. The second kappa shape index (κ2) is 11.8. The number of hydrogen-bond donors (Lipinski definition) is 0. The van der Waals surface area contributed by atoms with Crippen LogP contribution < -0.4 is 19.6 Å². The minimum absolute atomic E-state index is 0.166. The minimum Gasteiger partial charge on any atom is -0.489 e. The van der Waals surface area contributed by atoms with Gasteiger partial charge in [-0.1, -0.05) is 64.9 Å². The van der Waals surface area contributed by atoms with Crippen LogP contribution in [-0.2, 0) is 16.1 Å². The first kappa shape index (κ1) is 27.8. The number of aromatic nitrogens is 1. The van der Waals surface area contributed by atoms with Crippen LogP contribution in [0.15, 0.2) is 87.8 Å². The van der Waals surface area contributed by atoms with Crippen LogP contribution in [0, 0.1) is 5.82 Å². The number of esters is 1. The zero-order chi connectivity index (χ0) is 28.4. The molecule has 5 rings (SSSR count). The Bertz CT molecular complexity index is 1810. The normalized spacial score (nSPS) is 15.0. The molecule has 0 aliphatic carbocycles. The summed E-state index contributed by atoms with van der Waals surface area (Å²) in [7, 11) is 0. The molecular formula is C30H23Cl2FN2O4S. The number of carbonyl (C=O) groups is 1. The number of rotatable bonds is 7. The molecule has 3 aromatic carbocycles. The minimum atomic E-state index is -0.807. The summed E-state index contributed by atoms with van der Waals surface area (Å²) < 4.78 is 26.8. The number of halogens is 3. The molecule has 0 spiro atoms. The molecule has 4 aromatic rings. The first-order valence-electron chi connectivity index (χ1n) is 12.4. The van der Waals surface area contributed by atoms with Crippen molar-refractivity contribution in [3.63, 3.8) is 0 Å². The number of fused-ring (bicyclic) bond motifs is 1. The SMILES string of the molecule is CCOC(=O)C1=C(C)N=c2s/c(=C/c3cccc(OCc4ccc(Cl)c(Cl)c4)c3)c(=O)n2[C@@H]1c1ccc(F)cc1. The second-order valence-corrected chi connectivity index (χ2v) is 10.8. The van der Waals surface area contributed by atoms with E-state index in [1.807, 2.05) is 30.3 Å². The summed E-state index contributed by atoms with van der Waals surface area (Å²) in [5.74, 6) is -0.382. The van der Waals surface area contributed by atoms with E-state index in [1.165, 1.54) is 28.0 Å². The molecule has 40 heavy (non-hydrogen) atoms. The van der Waals surface area contributed by atoms with Crippen molar-refractivity contribution in [2.24, 2.45) is 4.99 Å². The van der Waals surface area contributed by atoms with Crippen molar-refractivity contribution in [2.75, 3.05) is 6.61 Å². The molecule has 1 aliphatic heterocycles. The maximum absolute atomic E-state index is 13.7. The van der Waals surface area contributed by atoms with Crippen molar-refractivity contribution in [2.45, 2.75) is 26.5 Å². The first-order chi connectivity index (χ1) is 19.2. The molecule has 0 saturated heterocycles. The molecule has 1 aliphatic rings. The summed E-state index contributed by atoms with van der Waals surface area (Å²) >= 11 is 13.3. The zero-order valence-electron chi connectivity index (χ0n) is 21.5. The Labute approximate surface area is 243 Å². The summed E-state index contributed by atoms with van der Waals surface area (Å²) in [6.07, 6.45) is 1.75. The number of thiazole rings is 1. The van der Waals surface area contributed by atoms with Crippen molar-refractivity contribution in [3.05, 3.63) is 130 Å². The Morgan fingerprint density at radius 1 is 1.10 bits per heavy atom. The van der Waals surface area contributed by atoms with Crippen LogP contribution in [0.2, 0.25) is 10.0 Å². The van der Waals surface area contributed by atoms with Crippen molar-refractivity contribution >= 4 is 46.6 Å². The van der Waals surface area contributed by atoms with Gasteiger partial charge in [-0.3, -0.25) is 9.36 Å². The molecule has 1 aromatic heterocycles. The number of benzene rings is 3. The molecule has 0 amide bonds. The van der Waals surface area contributed by atoms with Gasteiger partial charge in [-0.2, -0.15) is 0 Å². The lowest BCUT2D eigenvalue weighted by Crippen LogP contribution is -2.39. The van der Waals surface area contributed by atoms with Crippen molar-refractivity contribution < 1.29 is 18.7 Å². The Hall–Kier alpha value is -3.72. The fourth-order valence-electron chi connectivity index (χ4n) is 4.39. The topological polar surface area (TPSA) is 69.9 Å². The zero-order valence-corrected chi connectivity index (χ0v) is 23.8. The Balaban J connectivity index is 1.52. The van der Waals surface area contributed by atoms with Crippen molar-refractivity contribution in [1.29, 1.82) is 0 Å². The molecule has 0 fully saturated rings. The molecule has 2 heterocycles. The van der Waals surface area contributed by atoms with Gasteiger partial charge in [0.1, 0.15) is 18.2 Å². The van der Waals surface area contributed by atoms with Crippen LogP contribution in [0.5, 0.6) is 5.75 Å². The molecule has 0 saturated carbocycles. The number of nitrogens with zero attached hydrogens (tertiary/aromatic N) is 2. The molecule has 0 N–H and O–H groups in total. The average Bonchev–Trinajstić information content (AvgIpc) is 3.23. The smallest absolute Gasteiger partial charge is 0.338 e. The number of ether oxygens (including phenoxy) is 2. The van der Waals surface area contributed by atoms with E-state index in [4.69, 9.17) is 32.7 Å². The largest absolute Gasteiger partial charge is 0.489 e. The summed E-state index contributed by atoms with van der Waals surface area (Å²) in [6.45, 7) is 3.86. The van der Waals surface area contributed by atoms with E-state index >= 15 is 0 Å². The highest BCUT2D eigenvalue weighted by molar-refractivity contribution is 7.07. The van der Waals surface area contributed by atoms with E-state index < -0.39 is 17.8 Å². The average molecular weight is 597 g/mol. The van der Waals surface area contributed by atoms with Gasteiger partial charge in [-0.15, -0.1) is 0 Å². The van der Waals surface area contributed by atoms with Crippen LogP contribution in [-0.4, -0.2) is 17.1 Å². The van der Waals surface area contributed by atoms with Gasteiger partial charge in [0.25, 0.3) is 5.56 Å². The van der Waals surface area contributed by atoms with Gasteiger partial charge < -0.3 is 9.47 Å². The van der Waals surface area contributed by atoms with Gasteiger partial charge >= 0.3 is 5.97 Å². The highest BCUT2D eigenvalue weighted by atomic mass is 35.5. The summed E-state index contributed by atoms with van der Waals surface area (Å²) in [5, 5.41) is 0.923. The molecular weight excluding hydrogens is 574 g/mol.